The Balaban J connectivity index is 2.23. The highest BCUT2D eigenvalue weighted by molar-refractivity contribution is 7.90. The van der Waals surface area contributed by atoms with Crippen molar-refractivity contribution in [2.75, 3.05) is 25.1 Å². The van der Waals surface area contributed by atoms with Gasteiger partial charge >= 0.3 is 0 Å². The fraction of sp³-hybridized carbons (Fsp3) is 0.500. The second kappa shape index (κ2) is 5.44. The van der Waals surface area contributed by atoms with Gasteiger partial charge in [-0.25, -0.2) is 8.42 Å². The molecule has 2 rings (SSSR count). The van der Waals surface area contributed by atoms with Crippen LogP contribution in [0.1, 0.15) is 30.1 Å². The number of anilines is 1. The molecular weight excluding hydrogens is 276 g/mol. The molecule has 0 aliphatic carbocycles. The van der Waals surface area contributed by atoms with Crippen LogP contribution in [-0.2, 0) is 9.84 Å². The Hall–Kier alpha value is -1.56. The number of piperidine rings is 1. The minimum absolute atomic E-state index is 0.116. The van der Waals surface area contributed by atoms with E-state index >= 15 is 0 Å². The quantitative estimate of drug-likeness (QED) is 0.840. The molecule has 1 aromatic rings. The number of benzene rings is 1. The number of nitrogens with two attached hydrogens (primary N) is 1. The van der Waals surface area contributed by atoms with Crippen molar-refractivity contribution in [3.63, 3.8) is 0 Å². The number of nitrogen functional groups attached to an aromatic ring is 1. The first kappa shape index (κ1) is 14.8. The Labute approximate surface area is 119 Å². The maximum absolute atomic E-state index is 12.4. The van der Waals surface area contributed by atoms with Gasteiger partial charge in [0.25, 0.3) is 5.91 Å². The molecule has 1 amide bonds. The zero-order valence-electron chi connectivity index (χ0n) is 11.8. The largest absolute Gasteiger partial charge is 0.398 e. The van der Waals surface area contributed by atoms with Gasteiger partial charge in [-0.1, -0.05) is 6.92 Å². The van der Waals surface area contributed by atoms with Crippen LogP contribution in [0.2, 0.25) is 0 Å². The number of sulfone groups is 1. The van der Waals surface area contributed by atoms with Gasteiger partial charge in [0.1, 0.15) is 0 Å². The fourth-order valence-corrected chi connectivity index (χ4v) is 3.00. The van der Waals surface area contributed by atoms with Crippen LogP contribution < -0.4 is 5.73 Å². The van der Waals surface area contributed by atoms with Gasteiger partial charge in [0.15, 0.2) is 9.84 Å². The van der Waals surface area contributed by atoms with E-state index in [2.05, 4.69) is 6.92 Å². The topological polar surface area (TPSA) is 80.5 Å². The predicted octanol–water partition coefficient (Wildman–Crippen LogP) is 1.54. The Bertz CT molecular complexity index is 617. The van der Waals surface area contributed by atoms with Crippen LogP contribution in [0, 0.1) is 5.92 Å². The molecule has 0 saturated carbocycles. The standard InChI is InChI=1S/C14H20N2O3S/c1-10-5-7-16(8-6-10)14(17)12-4-3-11(9-13(12)15)20(2,18)19/h3-4,9-10H,5-8,15H2,1-2H3. The number of carbonyl (C=O) groups excluding carboxylic acids is 1. The van der Waals surface area contributed by atoms with Crippen molar-refractivity contribution in [2.45, 2.75) is 24.7 Å². The smallest absolute Gasteiger partial charge is 0.255 e. The Morgan fingerprint density at radius 1 is 1.30 bits per heavy atom. The number of nitrogens with zero attached hydrogens (tertiary/aromatic N) is 1. The van der Waals surface area contributed by atoms with Crippen molar-refractivity contribution < 1.29 is 13.2 Å². The Morgan fingerprint density at radius 2 is 1.90 bits per heavy atom. The summed E-state index contributed by atoms with van der Waals surface area (Å²) in [5.74, 6) is 0.526. The molecule has 0 radical (unpaired) electrons. The maximum Gasteiger partial charge on any atom is 0.255 e. The molecule has 2 N–H and O–H groups in total. The highest BCUT2D eigenvalue weighted by Crippen LogP contribution is 2.23. The summed E-state index contributed by atoms with van der Waals surface area (Å²) in [4.78, 5) is 14.3. The number of carbonyl (C=O) groups is 1. The van der Waals surface area contributed by atoms with Crippen LogP contribution in [0.15, 0.2) is 23.1 Å². The molecule has 1 saturated heterocycles. The van der Waals surface area contributed by atoms with Crippen LogP contribution in [-0.4, -0.2) is 38.6 Å². The second-order valence-corrected chi connectivity index (χ2v) is 7.51. The molecule has 5 nitrogen and oxygen atoms in total. The van der Waals surface area contributed by atoms with Gasteiger partial charge in [-0.3, -0.25) is 4.79 Å². The molecule has 0 bridgehead atoms. The third-order valence-electron chi connectivity index (χ3n) is 3.75. The van der Waals surface area contributed by atoms with E-state index in [0.717, 1.165) is 32.2 Å². The molecule has 6 heteroatoms. The van der Waals surface area contributed by atoms with E-state index in [4.69, 9.17) is 5.73 Å². The average Bonchev–Trinajstić information content (AvgIpc) is 2.37. The van der Waals surface area contributed by atoms with E-state index in [0.29, 0.717) is 11.5 Å². The Kier molecular flexibility index (Phi) is 4.04. The van der Waals surface area contributed by atoms with E-state index < -0.39 is 9.84 Å². The van der Waals surface area contributed by atoms with Crippen LogP contribution in [0.3, 0.4) is 0 Å². The first-order valence-corrected chi connectivity index (χ1v) is 8.57. The van der Waals surface area contributed by atoms with Gasteiger partial charge in [-0.15, -0.1) is 0 Å². The molecule has 1 aliphatic rings. The summed E-state index contributed by atoms with van der Waals surface area (Å²) < 4.78 is 22.9. The van der Waals surface area contributed by atoms with Gasteiger partial charge in [0.2, 0.25) is 0 Å². The SMILES string of the molecule is CC1CCN(C(=O)c2ccc(S(C)(=O)=O)cc2N)CC1. The summed E-state index contributed by atoms with van der Waals surface area (Å²) in [7, 11) is -3.30. The number of hydrogen-bond donors (Lipinski definition) is 1. The molecular formula is C14H20N2O3S. The first-order chi connectivity index (χ1) is 9.29. The zero-order valence-corrected chi connectivity index (χ0v) is 12.6. The highest BCUT2D eigenvalue weighted by atomic mass is 32.2. The van der Waals surface area contributed by atoms with Gasteiger partial charge in [0, 0.05) is 25.0 Å². The minimum atomic E-state index is -3.30. The molecule has 1 heterocycles. The van der Waals surface area contributed by atoms with Crippen LogP contribution in [0.5, 0.6) is 0 Å². The number of amides is 1. The van der Waals surface area contributed by atoms with Crippen LogP contribution in [0.25, 0.3) is 0 Å². The highest BCUT2D eigenvalue weighted by Gasteiger charge is 2.23. The van der Waals surface area contributed by atoms with E-state index in [1.807, 2.05) is 0 Å². The monoisotopic (exact) mass is 296 g/mol. The second-order valence-electron chi connectivity index (χ2n) is 5.50. The molecule has 1 aliphatic heterocycles. The zero-order chi connectivity index (χ0) is 14.9. The summed E-state index contributed by atoms with van der Waals surface area (Å²) in [5.41, 5.74) is 6.44. The molecule has 110 valence electrons. The molecule has 0 atom stereocenters. The van der Waals surface area contributed by atoms with Crippen molar-refractivity contribution in [2.24, 2.45) is 5.92 Å². The van der Waals surface area contributed by atoms with Gasteiger partial charge in [-0.05, 0) is 37.0 Å². The lowest BCUT2D eigenvalue weighted by Crippen LogP contribution is -2.38. The average molecular weight is 296 g/mol. The molecule has 0 unspecified atom stereocenters. The number of likely N-dealkylation sites (tertiary alicyclic amines) is 1. The lowest BCUT2D eigenvalue weighted by atomic mass is 9.98. The Morgan fingerprint density at radius 3 is 2.40 bits per heavy atom. The van der Waals surface area contributed by atoms with E-state index in [1.54, 1.807) is 4.90 Å². The van der Waals surface area contributed by atoms with Crippen LogP contribution >= 0.6 is 0 Å². The number of rotatable bonds is 2. The lowest BCUT2D eigenvalue weighted by molar-refractivity contribution is 0.0698. The molecule has 0 spiro atoms. The summed E-state index contributed by atoms with van der Waals surface area (Å²) in [6, 6.07) is 4.30. The summed E-state index contributed by atoms with van der Waals surface area (Å²) in [6.45, 7) is 3.64. The number of hydrogen-bond acceptors (Lipinski definition) is 4. The van der Waals surface area contributed by atoms with Crippen LogP contribution in [0.4, 0.5) is 5.69 Å². The molecule has 0 aromatic heterocycles. The van der Waals surface area contributed by atoms with E-state index in [9.17, 15) is 13.2 Å². The van der Waals surface area contributed by atoms with E-state index in [1.165, 1.54) is 18.2 Å². The third-order valence-corrected chi connectivity index (χ3v) is 4.86. The van der Waals surface area contributed by atoms with Crippen molar-refractivity contribution in [3.05, 3.63) is 23.8 Å². The van der Waals surface area contributed by atoms with Crippen molar-refractivity contribution >= 4 is 21.4 Å². The molecule has 1 aromatic carbocycles. The predicted molar refractivity (Wildman–Crippen MR) is 78.3 cm³/mol. The van der Waals surface area contributed by atoms with Gasteiger partial charge in [0.05, 0.1) is 10.5 Å². The van der Waals surface area contributed by atoms with E-state index in [-0.39, 0.29) is 16.5 Å². The van der Waals surface area contributed by atoms with Gasteiger partial charge in [-0.2, -0.15) is 0 Å². The van der Waals surface area contributed by atoms with Gasteiger partial charge < -0.3 is 10.6 Å². The summed E-state index contributed by atoms with van der Waals surface area (Å²) >= 11 is 0. The summed E-state index contributed by atoms with van der Waals surface area (Å²) in [5, 5.41) is 0. The van der Waals surface area contributed by atoms with Crippen molar-refractivity contribution in [1.29, 1.82) is 0 Å². The molecule has 20 heavy (non-hydrogen) atoms. The first-order valence-electron chi connectivity index (χ1n) is 6.68. The minimum Gasteiger partial charge on any atom is -0.398 e. The summed E-state index contributed by atoms with van der Waals surface area (Å²) in [6.07, 6.45) is 3.11. The fourth-order valence-electron chi connectivity index (χ4n) is 2.35. The maximum atomic E-state index is 12.4. The lowest BCUT2D eigenvalue weighted by Gasteiger charge is -2.30. The normalized spacial score (nSPS) is 17.2. The van der Waals surface area contributed by atoms with Crippen molar-refractivity contribution in [1.82, 2.24) is 4.90 Å². The molecule has 1 fully saturated rings. The third kappa shape index (κ3) is 3.12. The van der Waals surface area contributed by atoms with Crippen molar-refractivity contribution in [3.8, 4) is 0 Å².